The number of carbonyl (C=O) groups excluding carboxylic acids is 1. The number of rotatable bonds is 10. The Morgan fingerprint density at radius 1 is 1.10 bits per heavy atom. The number of unbranched alkanes of at least 4 members (excludes halogenated alkanes) is 7. The van der Waals surface area contributed by atoms with Crippen LogP contribution in [0.3, 0.4) is 0 Å². The third-order valence-corrected chi connectivity index (χ3v) is 3.70. The van der Waals surface area contributed by atoms with Gasteiger partial charge in [0.15, 0.2) is 0 Å². The molecule has 1 amide bonds. The number of benzene rings is 1. The van der Waals surface area contributed by atoms with Crippen molar-refractivity contribution in [1.82, 2.24) is 0 Å². The van der Waals surface area contributed by atoms with Gasteiger partial charge in [-0.25, -0.2) is 4.39 Å². The van der Waals surface area contributed by atoms with Gasteiger partial charge >= 0.3 is 0 Å². The Bertz CT molecular complexity index is 437. The summed E-state index contributed by atoms with van der Waals surface area (Å²) in [6.45, 7) is 2.21. The van der Waals surface area contributed by atoms with E-state index < -0.39 is 5.82 Å². The molecule has 21 heavy (non-hydrogen) atoms. The lowest BCUT2D eigenvalue weighted by molar-refractivity contribution is -0.116. The van der Waals surface area contributed by atoms with Crippen molar-refractivity contribution in [2.24, 2.45) is 0 Å². The van der Waals surface area contributed by atoms with Gasteiger partial charge in [0.25, 0.3) is 0 Å². The van der Waals surface area contributed by atoms with Crippen LogP contribution in [0, 0.1) is 5.82 Å². The van der Waals surface area contributed by atoms with Crippen LogP contribution in [0.1, 0.15) is 64.7 Å². The highest BCUT2D eigenvalue weighted by atomic mass is 35.5. The van der Waals surface area contributed by atoms with Crippen LogP contribution in [0.4, 0.5) is 10.1 Å². The predicted octanol–water partition coefficient (Wildman–Crippen LogP) is 5.95. The third kappa shape index (κ3) is 8.05. The first-order valence-electron chi connectivity index (χ1n) is 7.88. The molecular formula is C17H25ClFNO. The van der Waals surface area contributed by atoms with Crippen LogP contribution in [0.15, 0.2) is 18.2 Å². The van der Waals surface area contributed by atoms with Gasteiger partial charge in [-0.15, -0.1) is 0 Å². The number of hydrogen-bond acceptors (Lipinski definition) is 1. The van der Waals surface area contributed by atoms with E-state index >= 15 is 0 Å². The van der Waals surface area contributed by atoms with E-state index in [0.29, 0.717) is 11.4 Å². The van der Waals surface area contributed by atoms with Crippen molar-refractivity contribution < 1.29 is 9.18 Å². The first kappa shape index (κ1) is 18.0. The minimum absolute atomic E-state index is 0.137. The molecule has 1 aromatic rings. The molecule has 2 nitrogen and oxygen atoms in total. The summed E-state index contributed by atoms with van der Waals surface area (Å²) in [5.74, 6) is -0.631. The number of carbonyl (C=O) groups is 1. The van der Waals surface area contributed by atoms with Crippen LogP contribution in [0.5, 0.6) is 0 Å². The average molecular weight is 314 g/mol. The number of nitrogens with one attached hydrogen (secondary N) is 1. The van der Waals surface area contributed by atoms with Crippen molar-refractivity contribution in [1.29, 1.82) is 0 Å². The molecule has 0 fully saturated rings. The second kappa shape index (κ2) is 10.6. The molecule has 0 heterocycles. The maximum atomic E-state index is 13.5. The summed E-state index contributed by atoms with van der Waals surface area (Å²) in [6, 6.07) is 4.26. The van der Waals surface area contributed by atoms with Crippen LogP contribution >= 0.6 is 11.6 Å². The Morgan fingerprint density at radius 2 is 1.71 bits per heavy atom. The number of anilines is 1. The van der Waals surface area contributed by atoms with Gasteiger partial charge < -0.3 is 5.32 Å². The minimum Gasteiger partial charge on any atom is -0.324 e. The zero-order valence-electron chi connectivity index (χ0n) is 12.8. The Kier molecular flexibility index (Phi) is 9.07. The maximum Gasteiger partial charge on any atom is 0.224 e. The molecular weight excluding hydrogens is 289 g/mol. The van der Waals surface area contributed by atoms with Gasteiger partial charge in [0.2, 0.25) is 5.91 Å². The molecule has 118 valence electrons. The summed E-state index contributed by atoms with van der Waals surface area (Å²) >= 11 is 5.66. The molecule has 0 bridgehead atoms. The van der Waals surface area contributed by atoms with Gasteiger partial charge in [0, 0.05) is 11.4 Å². The number of hydrogen-bond donors (Lipinski definition) is 1. The van der Waals surface area contributed by atoms with Crippen molar-refractivity contribution in [3.05, 3.63) is 29.0 Å². The molecule has 0 aliphatic rings. The number of amides is 1. The summed E-state index contributed by atoms with van der Waals surface area (Å²) in [5.41, 5.74) is 0.198. The Morgan fingerprint density at radius 3 is 2.33 bits per heavy atom. The maximum absolute atomic E-state index is 13.5. The molecule has 0 aliphatic heterocycles. The first-order valence-corrected chi connectivity index (χ1v) is 8.26. The van der Waals surface area contributed by atoms with Gasteiger partial charge in [-0.3, -0.25) is 4.79 Å². The lowest BCUT2D eigenvalue weighted by Gasteiger charge is -2.06. The van der Waals surface area contributed by atoms with E-state index in [2.05, 4.69) is 12.2 Å². The quantitative estimate of drug-likeness (QED) is 0.531. The van der Waals surface area contributed by atoms with Crippen LogP contribution in [-0.2, 0) is 4.79 Å². The average Bonchev–Trinajstić information content (AvgIpc) is 2.45. The topological polar surface area (TPSA) is 29.1 Å². The Labute approximate surface area is 132 Å². The lowest BCUT2D eigenvalue weighted by Crippen LogP contribution is -2.12. The van der Waals surface area contributed by atoms with E-state index in [1.165, 1.54) is 50.7 Å². The minimum atomic E-state index is -0.494. The second-order valence-corrected chi connectivity index (χ2v) is 5.83. The zero-order chi connectivity index (χ0) is 15.5. The highest BCUT2D eigenvalue weighted by Crippen LogP contribution is 2.19. The van der Waals surface area contributed by atoms with E-state index in [0.717, 1.165) is 12.8 Å². The monoisotopic (exact) mass is 313 g/mol. The number of halogens is 2. The largest absolute Gasteiger partial charge is 0.324 e. The van der Waals surface area contributed by atoms with E-state index in [1.807, 2.05) is 0 Å². The summed E-state index contributed by atoms with van der Waals surface area (Å²) in [6.07, 6.45) is 9.95. The fraction of sp³-hybridized carbons (Fsp3) is 0.588. The molecule has 0 atom stereocenters. The SMILES string of the molecule is CCCCCCCCCCC(=O)Nc1ccc(Cl)cc1F. The highest BCUT2D eigenvalue weighted by Gasteiger charge is 2.07. The van der Waals surface area contributed by atoms with E-state index in [4.69, 9.17) is 11.6 Å². The molecule has 0 radical (unpaired) electrons. The van der Waals surface area contributed by atoms with Crippen molar-refractivity contribution in [2.75, 3.05) is 5.32 Å². The summed E-state index contributed by atoms with van der Waals surface area (Å²) in [5, 5.41) is 2.91. The molecule has 1 N–H and O–H groups in total. The fourth-order valence-electron chi connectivity index (χ4n) is 2.22. The predicted molar refractivity (Wildman–Crippen MR) is 87.3 cm³/mol. The van der Waals surface area contributed by atoms with Gasteiger partial charge in [-0.05, 0) is 24.6 Å². The van der Waals surface area contributed by atoms with E-state index in [-0.39, 0.29) is 11.6 Å². The van der Waals surface area contributed by atoms with Crippen LogP contribution in [-0.4, -0.2) is 5.91 Å². The molecule has 1 rings (SSSR count). The molecule has 4 heteroatoms. The van der Waals surface area contributed by atoms with Gasteiger partial charge in [-0.2, -0.15) is 0 Å². The molecule has 0 saturated carbocycles. The normalized spacial score (nSPS) is 10.6. The van der Waals surface area contributed by atoms with Gasteiger partial charge in [0.1, 0.15) is 5.82 Å². The van der Waals surface area contributed by atoms with Crippen LogP contribution < -0.4 is 5.32 Å². The van der Waals surface area contributed by atoms with E-state index in [9.17, 15) is 9.18 Å². The zero-order valence-corrected chi connectivity index (χ0v) is 13.5. The fourth-order valence-corrected chi connectivity index (χ4v) is 2.38. The molecule has 0 aromatic heterocycles. The lowest BCUT2D eigenvalue weighted by atomic mass is 10.1. The van der Waals surface area contributed by atoms with Crippen LogP contribution in [0.25, 0.3) is 0 Å². The summed E-state index contributed by atoms with van der Waals surface area (Å²) < 4.78 is 13.5. The Balaban J connectivity index is 2.11. The highest BCUT2D eigenvalue weighted by molar-refractivity contribution is 6.30. The standard InChI is InChI=1S/C17H25ClFNO/c1-2-3-4-5-6-7-8-9-10-17(21)20-16-12-11-14(18)13-15(16)19/h11-13H,2-10H2,1H3,(H,20,21). The van der Waals surface area contributed by atoms with Crippen molar-refractivity contribution in [3.8, 4) is 0 Å². The third-order valence-electron chi connectivity index (χ3n) is 3.46. The van der Waals surface area contributed by atoms with Crippen molar-refractivity contribution >= 4 is 23.2 Å². The van der Waals surface area contributed by atoms with Crippen LogP contribution in [0.2, 0.25) is 5.02 Å². The summed E-state index contributed by atoms with van der Waals surface area (Å²) in [4.78, 5) is 11.7. The van der Waals surface area contributed by atoms with Gasteiger partial charge in [0.05, 0.1) is 5.69 Å². The Hall–Kier alpha value is -1.09. The molecule has 0 saturated heterocycles. The second-order valence-electron chi connectivity index (χ2n) is 5.40. The van der Waals surface area contributed by atoms with E-state index in [1.54, 1.807) is 6.07 Å². The van der Waals surface area contributed by atoms with Crippen molar-refractivity contribution in [2.45, 2.75) is 64.7 Å². The molecule has 0 spiro atoms. The summed E-state index contributed by atoms with van der Waals surface area (Å²) in [7, 11) is 0. The first-order chi connectivity index (χ1) is 10.1. The molecule has 1 aromatic carbocycles. The van der Waals surface area contributed by atoms with Crippen molar-refractivity contribution in [3.63, 3.8) is 0 Å². The molecule has 0 aliphatic carbocycles. The smallest absolute Gasteiger partial charge is 0.224 e. The molecule has 0 unspecified atom stereocenters. The van der Waals surface area contributed by atoms with Gasteiger partial charge in [-0.1, -0.05) is 63.5 Å².